The Kier molecular flexibility index (Phi) is 6.82. The number of thiophene rings is 2. The number of amides is 1. The number of carbonyl (C=O) groups is 2. The number of allylic oxidation sites excluding steroid dienone is 1. The van der Waals surface area contributed by atoms with E-state index < -0.39 is 5.97 Å². The Morgan fingerprint density at radius 1 is 1.38 bits per heavy atom. The number of aryl methyl sites for hydroxylation is 2. The largest absolute Gasteiger partial charge is 0.465 e. The summed E-state index contributed by atoms with van der Waals surface area (Å²) >= 11 is 4.13. The predicted octanol–water partition coefficient (Wildman–Crippen LogP) is 4.27. The molecule has 0 radical (unpaired) electrons. The van der Waals surface area contributed by atoms with Gasteiger partial charge < -0.3 is 10.1 Å². The molecule has 10 heteroatoms. The van der Waals surface area contributed by atoms with Crippen molar-refractivity contribution in [3.05, 3.63) is 50.0 Å². The van der Waals surface area contributed by atoms with Crippen LogP contribution in [0.2, 0.25) is 0 Å². The average molecular weight is 490 g/mol. The molecule has 3 aromatic heterocycles. The lowest BCUT2D eigenvalue weighted by molar-refractivity contribution is -0.113. The lowest BCUT2D eigenvalue weighted by atomic mass is 10.1. The van der Waals surface area contributed by atoms with Crippen LogP contribution in [-0.2, 0) is 35.3 Å². The van der Waals surface area contributed by atoms with Crippen molar-refractivity contribution < 1.29 is 14.3 Å². The topological polar surface area (TPSA) is 90.3 Å². The molecule has 0 aromatic carbocycles. The Hall–Kier alpha value is -2.43. The van der Waals surface area contributed by atoms with Gasteiger partial charge in [0.05, 0.1) is 23.8 Å². The van der Waals surface area contributed by atoms with Crippen molar-refractivity contribution >= 4 is 61.5 Å². The molecule has 0 unspecified atom stereocenters. The van der Waals surface area contributed by atoms with E-state index in [0.29, 0.717) is 32.5 Å². The van der Waals surface area contributed by atoms with Crippen LogP contribution in [0.1, 0.15) is 39.0 Å². The number of methoxy groups -OCH3 is 1. The van der Waals surface area contributed by atoms with E-state index in [1.54, 1.807) is 10.6 Å². The summed E-state index contributed by atoms with van der Waals surface area (Å²) in [5.74, 6) is -0.631. The minimum Gasteiger partial charge on any atom is -0.465 e. The van der Waals surface area contributed by atoms with Crippen LogP contribution < -0.4 is 10.9 Å². The number of aromatic nitrogens is 2. The quantitative estimate of drug-likeness (QED) is 0.220. The summed E-state index contributed by atoms with van der Waals surface area (Å²) in [5.41, 5.74) is 1.33. The van der Waals surface area contributed by atoms with Gasteiger partial charge in [-0.1, -0.05) is 24.8 Å². The lowest BCUT2D eigenvalue weighted by Gasteiger charge is -2.10. The molecule has 0 spiro atoms. The first-order valence-corrected chi connectivity index (χ1v) is 12.9. The van der Waals surface area contributed by atoms with E-state index in [1.807, 2.05) is 13.0 Å². The van der Waals surface area contributed by atoms with E-state index in [9.17, 15) is 14.4 Å². The highest BCUT2D eigenvalue weighted by Gasteiger charge is 2.28. The maximum absolute atomic E-state index is 13.0. The first kappa shape index (κ1) is 22.8. The summed E-state index contributed by atoms with van der Waals surface area (Å²) < 4.78 is 6.47. The predicted molar refractivity (Wildman–Crippen MR) is 130 cm³/mol. The molecule has 1 aliphatic carbocycles. The molecule has 168 valence electrons. The summed E-state index contributed by atoms with van der Waals surface area (Å²) in [7, 11) is 1.35. The minimum atomic E-state index is -0.427. The zero-order valence-electron chi connectivity index (χ0n) is 17.9. The van der Waals surface area contributed by atoms with Crippen molar-refractivity contribution in [3.8, 4) is 0 Å². The van der Waals surface area contributed by atoms with Crippen molar-refractivity contribution in [1.82, 2.24) is 9.55 Å². The van der Waals surface area contributed by atoms with Gasteiger partial charge in [-0.2, -0.15) is 0 Å². The smallest absolute Gasteiger partial charge is 0.341 e. The fourth-order valence-electron chi connectivity index (χ4n) is 3.72. The highest BCUT2D eigenvalue weighted by Crippen LogP contribution is 2.39. The maximum atomic E-state index is 13.0. The second-order valence-electron chi connectivity index (χ2n) is 7.27. The highest BCUT2D eigenvalue weighted by atomic mass is 32.2. The summed E-state index contributed by atoms with van der Waals surface area (Å²) in [4.78, 5) is 45.5. The van der Waals surface area contributed by atoms with Gasteiger partial charge in [-0.25, -0.2) is 9.78 Å². The van der Waals surface area contributed by atoms with Gasteiger partial charge in [0.1, 0.15) is 9.83 Å². The van der Waals surface area contributed by atoms with Gasteiger partial charge in [0.25, 0.3) is 5.56 Å². The van der Waals surface area contributed by atoms with Gasteiger partial charge in [0.15, 0.2) is 5.16 Å². The van der Waals surface area contributed by atoms with E-state index in [4.69, 9.17) is 4.74 Å². The fraction of sp³-hybridized carbons (Fsp3) is 0.364. The number of thioether (sulfide) groups is 1. The van der Waals surface area contributed by atoms with Gasteiger partial charge in [0, 0.05) is 16.3 Å². The minimum absolute atomic E-state index is 0.0598. The highest BCUT2D eigenvalue weighted by molar-refractivity contribution is 7.99. The van der Waals surface area contributed by atoms with Crippen molar-refractivity contribution in [2.75, 3.05) is 18.2 Å². The zero-order valence-corrected chi connectivity index (χ0v) is 20.3. The van der Waals surface area contributed by atoms with Crippen LogP contribution in [0.4, 0.5) is 5.00 Å². The molecule has 4 rings (SSSR count). The summed E-state index contributed by atoms with van der Waals surface area (Å²) in [5, 5.41) is 4.47. The number of nitrogens with zero attached hydrogens (tertiary/aromatic N) is 2. The van der Waals surface area contributed by atoms with Gasteiger partial charge in [0.2, 0.25) is 5.91 Å². The molecule has 0 saturated carbocycles. The molecular formula is C22H23N3O4S3. The number of rotatable bonds is 8. The molecular weight excluding hydrogens is 466 g/mol. The third-order valence-electron chi connectivity index (χ3n) is 5.22. The number of ether oxygens (including phenoxy) is 1. The number of hydrogen-bond donors (Lipinski definition) is 1. The second kappa shape index (κ2) is 9.60. The van der Waals surface area contributed by atoms with E-state index in [-0.39, 0.29) is 17.2 Å². The SMILES string of the molecule is C=CCn1c(SCC(=O)Nc2sc3c(c2C(=O)OC)CCC3)nc2sc(CC)cc2c1=O. The fourth-order valence-corrected chi connectivity index (χ4v) is 6.84. The van der Waals surface area contributed by atoms with Gasteiger partial charge in [-0.15, -0.1) is 29.3 Å². The first-order chi connectivity index (χ1) is 15.5. The first-order valence-electron chi connectivity index (χ1n) is 10.3. The van der Waals surface area contributed by atoms with Crippen LogP contribution >= 0.6 is 34.4 Å². The molecule has 0 bridgehead atoms. The Morgan fingerprint density at radius 2 is 2.19 bits per heavy atom. The summed E-state index contributed by atoms with van der Waals surface area (Å²) in [6, 6.07) is 1.89. The Bertz CT molecular complexity index is 1270. The molecule has 1 aliphatic rings. The molecule has 3 heterocycles. The normalized spacial score (nSPS) is 12.7. The Morgan fingerprint density at radius 3 is 2.91 bits per heavy atom. The molecule has 32 heavy (non-hydrogen) atoms. The van der Waals surface area contributed by atoms with Crippen molar-refractivity contribution in [2.24, 2.45) is 0 Å². The summed E-state index contributed by atoms with van der Waals surface area (Å²) in [6.45, 7) is 6.08. The van der Waals surface area contributed by atoms with Crippen LogP contribution in [0.15, 0.2) is 28.7 Å². The molecule has 0 atom stereocenters. The lowest BCUT2D eigenvalue weighted by Crippen LogP contribution is -2.23. The number of hydrogen-bond acceptors (Lipinski definition) is 8. The third kappa shape index (κ3) is 4.26. The Labute approximate surface area is 197 Å². The van der Waals surface area contributed by atoms with Crippen LogP contribution in [-0.4, -0.2) is 34.3 Å². The molecule has 0 fully saturated rings. The van der Waals surface area contributed by atoms with Crippen LogP contribution in [0.3, 0.4) is 0 Å². The molecule has 0 aliphatic heterocycles. The van der Waals surface area contributed by atoms with E-state index >= 15 is 0 Å². The average Bonchev–Trinajstić information content (AvgIpc) is 3.48. The third-order valence-corrected chi connectivity index (χ3v) is 8.58. The van der Waals surface area contributed by atoms with Crippen molar-refractivity contribution in [1.29, 1.82) is 0 Å². The van der Waals surface area contributed by atoms with Crippen LogP contribution in [0.25, 0.3) is 10.2 Å². The number of carbonyl (C=O) groups excluding carboxylic acids is 2. The monoisotopic (exact) mass is 489 g/mol. The van der Waals surface area contributed by atoms with E-state index in [0.717, 1.165) is 41.0 Å². The molecule has 0 saturated heterocycles. The van der Waals surface area contributed by atoms with Gasteiger partial charge in [-0.05, 0) is 37.3 Å². The van der Waals surface area contributed by atoms with Crippen LogP contribution in [0, 0.1) is 0 Å². The van der Waals surface area contributed by atoms with E-state index in [2.05, 4.69) is 16.9 Å². The number of anilines is 1. The summed E-state index contributed by atoms with van der Waals surface area (Å²) in [6.07, 6.45) is 5.21. The molecule has 3 aromatic rings. The van der Waals surface area contributed by atoms with Crippen LogP contribution in [0.5, 0.6) is 0 Å². The van der Waals surface area contributed by atoms with Crippen molar-refractivity contribution in [3.63, 3.8) is 0 Å². The zero-order chi connectivity index (χ0) is 22.8. The number of fused-ring (bicyclic) bond motifs is 2. The number of esters is 1. The van der Waals surface area contributed by atoms with Gasteiger partial charge >= 0.3 is 5.97 Å². The number of nitrogens with one attached hydrogen (secondary N) is 1. The second-order valence-corrected chi connectivity index (χ2v) is 10.4. The molecule has 7 nitrogen and oxygen atoms in total. The standard InChI is InChI=1S/C22H23N3O4S3/c1-4-9-25-20(27)14-10-12(5-2)31-18(14)24-22(25)30-11-16(26)23-19-17(21(28)29-3)13-7-6-8-15(13)32-19/h4,10H,1,5-9,11H2,2-3H3,(H,23,26). The molecule has 1 N–H and O–H groups in total. The Balaban J connectivity index is 1.56. The van der Waals surface area contributed by atoms with E-state index in [1.165, 1.54) is 41.5 Å². The van der Waals surface area contributed by atoms with Crippen molar-refractivity contribution in [2.45, 2.75) is 44.3 Å². The van der Waals surface area contributed by atoms with Gasteiger partial charge in [-0.3, -0.25) is 14.2 Å². The maximum Gasteiger partial charge on any atom is 0.341 e. The molecule has 1 amide bonds.